The van der Waals surface area contributed by atoms with Crippen molar-refractivity contribution in [3.63, 3.8) is 0 Å². The molecular formula is C69H68N8O14. The van der Waals surface area contributed by atoms with E-state index in [1.165, 1.54) is 110 Å². The summed E-state index contributed by atoms with van der Waals surface area (Å²) in [5.41, 5.74) is 9.39. The van der Waals surface area contributed by atoms with E-state index in [2.05, 4.69) is 38.5 Å². The Hall–Kier alpha value is -10.9. The largest absolute Gasteiger partial charge is 0.508 e. The van der Waals surface area contributed by atoms with Crippen molar-refractivity contribution in [3.8, 4) is 57.1 Å². The number of aromatic amines is 1. The number of hydrogen-bond donors (Lipinski definition) is 11. The number of unbranched alkanes of at least 4 members (excludes halogenated alkanes) is 5. The fourth-order valence-corrected chi connectivity index (χ4v) is 11.5. The molecule has 7 aromatic carbocycles. The number of esters is 1. The molecule has 15 bridgehead atoms. The van der Waals surface area contributed by atoms with Crippen LogP contribution in [0.3, 0.4) is 0 Å². The van der Waals surface area contributed by atoms with Crippen LogP contribution in [-0.4, -0.2) is 97.5 Å². The Morgan fingerprint density at radius 1 is 0.626 bits per heavy atom. The Balaban J connectivity index is 1.03. The van der Waals surface area contributed by atoms with Gasteiger partial charge in [0.05, 0.1) is 6.61 Å². The molecule has 0 fully saturated rings. The third-order valence-corrected chi connectivity index (χ3v) is 16.7. The van der Waals surface area contributed by atoms with Crippen molar-refractivity contribution in [1.29, 1.82) is 0 Å². The van der Waals surface area contributed by atoms with Crippen molar-refractivity contribution < 1.29 is 68.2 Å². The summed E-state index contributed by atoms with van der Waals surface area (Å²) in [7, 11) is 1.38. The number of nitrogens with two attached hydrogens (primary N) is 1. The van der Waals surface area contributed by atoms with Crippen LogP contribution in [-0.2, 0) is 51.1 Å². The summed E-state index contributed by atoms with van der Waals surface area (Å²) in [4.78, 5) is 110. The van der Waals surface area contributed by atoms with Crippen LogP contribution in [0, 0.1) is 0 Å². The van der Waals surface area contributed by atoms with Crippen LogP contribution in [0.1, 0.15) is 115 Å². The van der Waals surface area contributed by atoms with Crippen molar-refractivity contribution in [2.45, 2.75) is 101 Å². The summed E-state index contributed by atoms with van der Waals surface area (Å²) < 4.78 is 18.5. The molecule has 6 aliphatic rings. The number of carbonyl (C=O) groups is 7. The predicted molar refractivity (Wildman–Crippen MR) is 333 cm³/mol. The maximum Gasteiger partial charge on any atom is 0.333 e. The highest BCUT2D eigenvalue weighted by Crippen LogP contribution is 2.44. The van der Waals surface area contributed by atoms with E-state index < -0.39 is 83.7 Å². The minimum atomic E-state index is -1.85. The zero-order chi connectivity index (χ0) is 64.0. The number of fused-ring (bicyclic) bond motifs is 14. The third kappa shape index (κ3) is 13.7. The standard InChI is InChI=1S/C69H68N8O14/c1-3-4-5-6-7-8-29-89-69(88)61-42-18-28-54(80)55(34-42)90-48-25-15-40(16-26-48)60-68(87)77(2)53(64(83)76-61)30-37-9-23-47(24-10-37)91-56-35-43-31-50(62(56)81)41-17-27-49-44(36-71-51(49)32-41)33-52(72-65(84)57(70)38-11-19-45(78)20-12-38)63(82)73-58(39-13-21-46(79)22-14-39)66(85)74-59(43)67(86)75-60/h9-28,31-32,34-36,52-53,57-61,71,78-81H,3-8,29-30,33,70H2,1-2H3,(H,72,84)(H,73,82)(H,74,85)(H,75,86)(H,76,83)/t52-,53+,57?,58-,59-,60-,61-/m1/s1. The van der Waals surface area contributed by atoms with E-state index in [0.29, 0.717) is 39.6 Å². The minimum Gasteiger partial charge on any atom is -0.508 e. The van der Waals surface area contributed by atoms with Crippen LogP contribution in [0.5, 0.6) is 46.0 Å². The Morgan fingerprint density at radius 3 is 1.93 bits per heavy atom. The normalized spacial score (nSPS) is 19.5. The van der Waals surface area contributed by atoms with Gasteiger partial charge in [-0.1, -0.05) is 106 Å². The lowest BCUT2D eigenvalue weighted by Crippen LogP contribution is -2.55. The van der Waals surface area contributed by atoms with Crippen LogP contribution in [0.25, 0.3) is 22.0 Å². The number of nitrogens with one attached hydrogen (secondary N) is 6. The van der Waals surface area contributed by atoms with Gasteiger partial charge < -0.3 is 76.8 Å². The zero-order valence-electron chi connectivity index (χ0n) is 49.7. The first-order valence-electron chi connectivity index (χ1n) is 30.0. The topological polar surface area (TPSA) is 333 Å². The van der Waals surface area contributed by atoms with Gasteiger partial charge in [0.1, 0.15) is 59.2 Å². The SMILES string of the molecule is CCCCCCCCOC(=O)[C@@H]1NC(=O)[C@@H]2Cc3ccc(cc3)Oc3cc4cc(c3O)-c3ccc5c(c[nH]c5c3)C[C@@H](NC(=O)C(N)c3ccc(O)cc3)C(=O)N[C@H](c3ccc(O)cc3)C(=O)N[C@H]4C(=O)N[C@@H](C(=O)N2C)c2ccc(cc2)Oc2cc1ccc2O. The summed E-state index contributed by atoms with van der Waals surface area (Å²) in [6.45, 7) is 2.18. The van der Waals surface area contributed by atoms with Gasteiger partial charge in [-0.2, -0.15) is 0 Å². The van der Waals surface area contributed by atoms with Gasteiger partial charge in [0.25, 0.3) is 0 Å². The smallest absolute Gasteiger partial charge is 0.333 e. The molecule has 91 heavy (non-hydrogen) atoms. The number of nitrogens with zero attached hydrogens (tertiary/aromatic N) is 1. The van der Waals surface area contributed by atoms with Crippen molar-refractivity contribution in [3.05, 3.63) is 191 Å². The van der Waals surface area contributed by atoms with Crippen molar-refractivity contribution in [2.24, 2.45) is 5.73 Å². The molecule has 8 aromatic rings. The van der Waals surface area contributed by atoms with Crippen LogP contribution in [0.2, 0.25) is 0 Å². The molecule has 6 amide bonds. The lowest BCUT2D eigenvalue weighted by Gasteiger charge is -2.33. The number of hydrogen-bond acceptors (Lipinski definition) is 15. The Bertz CT molecular complexity index is 4060. The second kappa shape index (κ2) is 26.8. The first-order valence-corrected chi connectivity index (χ1v) is 30.0. The number of aromatic hydroxyl groups is 4. The maximum atomic E-state index is 15.9. The molecule has 22 heteroatoms. The lowest BCUT2D eigenvalue weighted by molar-refractivity contribution is -0.149. The second-order valence-electron chi connectivity index (χ2n) is 22.9. The number of rotatable bonds is 12. The van der Waals surface area contributed by atoms with E-state index in [4.69, 9.17) is 19.9 Å². The fraction of sp³-hybridized carbons (Fsp3) is 0.261. The van der Waals surface area contributed by atoms with E-state index in [9.17, 15) is 30.0 Å². The van der Waals surface area contributed by atoms with Gasteiger partial charge in [-0.05, 0) is 130 Å². The molecule has 14 rings (SSSR count). The van der Waals surface area contributed by atoms with Gasteiger partial charge in [0, 0.05) is 42.6 Å². The van der Waals surface area contributed by atoms with Crippen LogP contribution in [0.4, 0.5) is 0 Å². The van der Waals surface area contributed by atoms with Gasteiger partial charge in [0.2, 0.25) is 35.4 Å². The number of H-pyrrole nitrogens is 1. The highest BCUT2D eigenvalue weighted by atomic mass is 16.5. The van der Waals surface area contributed by atoms with Crippen molar-refractivity contribution in [1.82, 2.24) is 36.5 Å². The van der Waals surface area contributed by atoms with E-state index in [0.717, 1.165) is 37.0 Å². The number of phenolic OH excluding ortho intramolecular Hbond substituents is 4. The average Bonchev–Trinajstić information content (AvgIpc) is 2.20. The summed E-state index contributed by atoms with van der Waals surface area (Å²) in [5.74, 6) is -6.97. The zero-order valence-corrected chi connectivity index (χ0v) is 49.7. The molecular weight excluding hydrogens is 1160 g/mol. The molecule has 22 nitrogen and oxygen atoms in total. The number of amides is 6. The number of phenols is 4. The third-order valence-electron chi connectivity index (χ3n) is 16.7. The quantitative estimate of drug-likeness (QED) is 0.0405. The number of aromatic nitrogens is 1. The molecule has 0 aliphatic carbocycles. The summed E-state index contributed by atoms with van der Waals surface area (Å²) in [6.07, 6.45) is 6.85. The summed E-state index contributed by atoms with van der Waals surface area (Å²) >= 11 is 0. The molecule has 7 atom stereocenters. The minimum absolute atomic E-state index is 0.00389. The maximum absolute atomic E-state index is 15.9. The monoisotopic (exact) mass is 1230 g/mol. The first kappa shape index (κ1) is 61.8. The molecule has 0 saturated carbocycles. The van der Waals surface area contributed by atoms with Gasteiger partial charge >= 0.3 is 5.97 Å². The lowest BCUT2D eigenvalue weighted by atomic mass is 9.94. The number of ether oxygens (including phenoxy) is 3. The molecule has 6 aliphatic heterocycles. The number of benzene rings is 7. The van der Waals surface area contributed by atoms with Gasteiger partial charge in [-0.15, -0.1) is 0 Å². The van der Waals surface area contributed by atoms with E-state index in [-0.39, 0.29) is 93.3 Å². The van der Waals surface area contributed by atoms with Gasteiger partial charge in [-0.3, -0.25) is 28.8 Å². The van der Waals surface area contributed by atoms with Crippen molar-refractivity contribution in [2.75, 3.05) is 13.7 Å². The first-order chi connectivity index (χ1) is 43.9. The van der Waals surface area contributed by atoms with E-state index in [1.807, 2.05) is 0 Å². The highest BCUT2D eigenvalue weighted by Gasteiger charge is 2.40. The fourth-order valence-electron chi connectivity index (χ4n) is 11.5. The molecule has 468 valence electrons. The summed E-state index contributed by atoms with van der Waals surface area (Å²) in [6, 6.07) is 24.8. The summed E-state index contributed by atoms with van der Waals surface area (Å²) in [5, 5.41) is 58.6. The molecule has 7 heterocycles. The highest BCUT2D eigenvalue weighted by molar-refractivity contribution is 6.00. The van der Waals surface area contributed by atoms with Crippen LogP contribution in [0.15, 0.2) is 152 Å². The molecule has 0 radical (unpaired) electrons. The van der Waals surface area contributed by atoms with E-state index in [1.54, 1.807) is 48.7 Å². The van der Waals surface area contributed by atoms with E-state index >= 15 is 24.0 Å². The number of carbonyl (C=O) groups excluding carboxylic acids is 7. The Labute approximate surface area is 522 Å². The van der Waals surface area contributed by atoms with Crippen molar-refractivity contribution >= 4 is 52.3 Å². The predicted octanol–water partition coefficient (Wildman–Crippen LogP) is 8.31. The number of likely N-dealkylation sites (N-methyl/N-ethyl adjacent to an activating group) is 1. The average molecular weight is 1230 g/mol. The molecule has 1 unspecified atom stereocenters. The second-order valence-corrected chi connectivity index (χ2v) is 22.9. The van der Waals surface area contributed by atoms with Gasteiger partial charge in [-0.25, -0.2) is 4.79 Å². The molecule has 0 saturated heterocycles. The van der Waals surface area contributed by atoms with Gasteiger partial charge in [0.15, 0.2) is 29.0 Å². The van der Waals surface area contributed by atoms with Crippen LogP contribution < -0.4 is 41.8 Å². The molecule has 0 spiro atoms. The Morgan fingerprint density at radius 2 is 1.22 bits per heavy atom. The molecule has 12 N–H and O–H groups in total. The van der Waals surface area contributed by atoms with Crippen LogP contribution >= 0.6 is 0 Å². The Kier molecular flexibility index (Phi) is 18.2. The molecule has 1 aromatic heterocycles.